The Morgan fingerprint density at radius 2 is 2.12 bits per heavy atom. The molecule has 1 aromatic carbocycles. The summed E-state index contributed by atoms with van der Waals surface area (Å²) in [5.74, 6) is 1.29. The quantitative estimate of drug-likeness (QED) is 0.740. The van der Waals surface area contributed by atoms with Crippen molar-refractivity contribution >= 4 is 6.29 Å². The number of carbonyl (C=O) groups is 1. The van der Waals surface area contributed by atoms with E-state index >= 15 is 0 Å². The van der Waals surface area contributed by atoms with Crippen molar-refractivity contribution in [3.8, 4) is 17.2 Å². The van der Waals surface area contributed by atoms with E-state index in [-0.39, 0.29) is 5.69 Å². The Bertz CT molecular complexity index is 537. The van der Waals surface area contributed by atoms with E-state index in [1.165, 1.54) is 10.9 Å². The number of rotatable bonds is 4. The second-order valence-corrected chi connectivity index (χ2v) is 3.24. The molecule has 0 bridgehead atoms. The topological polar surface area (TPSA) is 66.2 Å². The molecular weight excluding hydrogens is 222 g/mol. The van der Waals surface area contributed by atoms with Crippen LogP contribution in [-0.2, 0) is 0 Å². The molecule has 88 valence electrons. The van der Waals surface area contributed by atoms with Crippen LogP contribution in [0.4, 0.5) is 0 Å². The number of hydrogen-bond acceptors (Lipinski definition) is 5. The van der Waals surface area contributed by atoms with Crippen LogP contribution >= 0.6 is 0 Å². The summed E-state index contributed by atoms with van der Waals surface area (Å²) in [7, 11) is 3.13. The number of methoxy groups -OCH3 is 2. The molecule has 0 saturated heterocycles. The van der Waals surface area contributed by atoms with Crippen LogP contribution in [0, 0.1) is 0 Å². The first kappa shape index (κ1) is 11.1. The second-order valence-electron chi connectivity index (χ2n) is 3.24. The molecule has 0 amide bonds. The van der Waals surface area contributed by atoms with Crippen LogP contribution in [0.2, 0.25) is 0 Å². The van der Waals surface area contributed by atoms with Crippen LogP contribution in [0.15, 0.2) is 24.4 Å². The van der Waals surface area contributed by atoms with Gasteiger partial charge in [-0.15, -0.1) is 5.10 Å². The fourth-order valence-corrected chi connectivity index (χ4v) is 1.42. The number of hydrogen-bond donors (Lipinski definition) is 0. The van der Waals surface area contributed by atoms with Crippen molar-refractivity contribution in [2.24, 2.45) is 0 Å². The highest BCUT2D eigenvalue weighted by atomic mass is 16.5. The van der Waals surface area contributed by atoms with Crippen molar-refractivity contribution in [2.45, 2.75) is 0 Å². The van der Waals surface area contributed by atoms with E-state index in [9.17, 15) is 4.79 Å². The fraction of sp³-hybridized carbons (Fsp3) is 0.182. The molecule has 0 aliphatic heterocycles. The molecule has 2 aromatic rings. The SMILES string of the molecule is COc1ccc(OC)c(-n2cc(C=O)nn2)c1. The minimum atomic E-state index is 0.259. The summed E-state index contributed by atoms with van der Waals surface area (Å²) in [5.41, 5.74) is 0.919. The molecule has 0 spiro atoms. The zero-order chi connectivity index (χ0) is 12.3. The first-order valence-electron chi connectivity index (χ1n) is 4.88. The maximum atomic E-state index is 10.6. The minimum Gasteiger partial charge on any atom is -0.497 e. The van der Waals surface area contributed by atoms with E-state index in [2.05, 4.69) is 10.3 Å². The zero-order valence-electron chi connectivity index (χ0n) is 9.45. The van der Waals surface area contributed by atoms with Gasteiger partial charge in [-0.1, -0.05) is 5.21 Å². The predicted molar refractivity (Wildman–Crippen MR) is 59.9 cm³/mol. The Morgan fingerprint density at radius 1 is 1.29 bits per heavy atom. The average molecular weight is 233 g/mol. The third-order valence-electron chi connectivity index (χ3n) is 2.26. The van der Waals surface area contributed by atoms with Gasteiger partial charge in [0.25, 0.3) is 0 Å². The molecule has 0 aliphatic carbocycles. The molecule has 2 rings (SSSR count). The van der Waals surface area contributed by atoms with Crippen LogP contribution in [0.5, 0.6) is 11.5 Å². The highest BCUT2D eigenvalue weighted by Crippen LogP contribution is 2.26. The van der Waals surface area contributed by atoms with Crippen molar-refractivity contribution in [2.75, 3.05) is 14.2 Å². The highest BCUT2D eigenvalue weighted by Gasteiger charge is 2.09. The lowest BCUT2D eigenvalue weighted by Crippen LogP contribution is -1.99. The molecule has 0 unspecified atom stereocenters. The van der Waals surface area contributed by atoms with Gasteiger partial charge in [0.2, 0.25) is 0 Å². The maximum absolute atomic E-state index is 10.6. The van der Waals surface area contributed by atoms with E-state index in [1.54, 1.807) is 32.4 Å². The fourth-order valence-electron chi connectivity index (χ4n) is 1.42. The summed E-state index contributed by atoms with van der Waals surface area (Å²) in [4.78, 5) is 10.6. The largest absolute Gasteiger partial charge is 0.497 e. The molecule has 0 saturated carbocycles. The van der Waals surface area contributed by atoms with Crippen LogP contribution < -0.4 is 9.47 Å². The van der Waals surface area contributed by atoms with E-state index in [0.29, 0.717) is 23.5 Å². The highest BCUT2D eigenvalue weighted by molar-refractivity contribution is 5.71. The smallest absolute Gasteiger partial charge is 0.171 e. The Labute approximate surface area is 97.8 Å². The third kappa shape index (κ3) is 2.10. The Hall–Kier alpha value is -2.37. The molecular formula is C11H11N3O3. The van der Waals surface area contributed by atoms with Crippen molar-refractivity contribution < 1.29 is 14.3 Å². The van der Waals surface area contributed by atoms with Crippen molar-refractivity contribution in [1.82, 2.24) is 15.0 Å². The second kappa shape index (κ2) is 4.65. The van der Waals surface area contributed by atoms with Gasteiger partial charge in [-0.05, 0) is 12.1 Å². The normalized spacial score (nSPS) is 10.0. The van der Waals surface area contributed by atoms with E-state index in [0.717, 1.165) is 0 Å². The summed E-state index contributed by atoms with van der Waals surface area (Å²) in [5, 5.41) is 7.53. The number of benzene rings is 1. The van der Waals surface area contributed by atoms with Crippen LogP contribution in [0.1, 0.15) is 10.5 Å². The van der Waals surface area contributed by atoms with Gasteiger partial charge >= 0.3 is 0 Å². The average Bonchev–Trinajstić information content (AvgIpc) is 2.86. The number of aromatic nitrogens is 3. The number of aldehydes is 1. The van der Waals surface area contributed by atoms with Crippen molar-refractivity contribution in [3.63, 3.8) is 0 Å². The van der Waals surface area contributed by atoms with Crippen LogP contribution in [0.25, 0.3) is 5.69 Å². The number of carbonyl (C=O) groups excluding carboxylic acids is 1. The monoisotopic (exact) mass is 233 g/mol. The molecule has 0 aliphatic rings. The summed E-state index contributed by atoms with van der Waals surface area (Å²) in [6, 6.07) is 5.29. The molecule has 0 radical (unpaired) electrons. The Morgan fingerprint density at radius 3 is 2.71 bits per heavy atom. The molecule has 0 atom stereocenters. The van der Waals surface area contributed by atoms with E-state index in [4.69, 9.17) is 9.47 Å². The summed E-state index contributed by atoms with van der Waals surface area (Å²) in [6.45, 7) is 0. The van der Waals surface area contributed by atoms with Crippen LogP contribution in [0.3, 0.4) is 0 Å². The molecule has 0 N–H and O–H groups in total. The lowest BCUT2D eigenvalue weighted by molar-refractivity contribution is 0.111. The molecule has 6 heteroatoms. The lowest BCUT2D eigenvalue weighted by Gasteiger charge is -2.09. The van der Waals surface area contributed by atoms with Gasteiger partial charge < -0.3 is 9.47 Å². The maximum Gasteiger partial charge on any atom is 0.171 e. The van der Waals surface area contributed by atoms with Gasteiger partial charge in [0.15, 0.2) is 6.29 Å². The molecule has 0 fully saturated rings. The Balaban J connectivity index is 2.51. The van der Waals surface area contributed by atoms with E-state index in [1.807, 2.05) is 0 Å². The molecule has 6 nitrogen and oxygen atoms in total. The standard InChI is InChI=1S/C11H11N3O3/c1-16-9-3-4-11(17-2)10(5-9)14-6-8(7-15)12-13-14/h3-7H,1-2H3. The molecule has 1 heterocycles. The number of ether oxygens (including phenoxy) is 2. The lowest BCUT2D eigenvalue weighted by atomic mass is 10.2. The first-order valence-corrected chi connectivity index (χ1v) is 4.88. The van der Waals surface area contributed by atoms with E-state index < -0.39 is 0 Å². The zero-order valence-corrected chi connectivity index (χ0v) is 9.45. The van der Waals surface area contributed by atoms with Gasteiger partial charge in [0.1, 0.15) is 22.9 Å². The molecule has 1 aromatic heterocycles. The number of nitrogens with zero attached hydrogens (tertiary/aromatic N) is 3. The van der Waals surface area contributed by atoms with Crippen molar-refractivity contribution in [3.05, 3.63) is 30.1 Å². The van der Waals surface area contributed by atoms with Gasteiger partial charge in [-0.2, -0.15) is 0 Å². The van der Waals surface area contributed by atoms with Crippen LogP contribution in [-0.4, -0.2) is 35.5 Å². The van der Waals surface area contributed by atoms with Gasteiger partial charge in [0.05, 0.1) is 20.4 Å². The van der Waals surface area contributed by atoms with Crippen molar-refractivity contribution in [1.29, 1.82) is 0 Å². The van der Waals surface area contributed by atoms with Gasteiger partial charge in [-0.3, -0.25) is 4.79 Å². The summed E-state index contributed by atoms with van der Waals surface area (Å²) in [6.07, 6.45) is 2.15. The third-order valence-corrected chi connectivity index (χ3v) is 2.26. The van der Waals surface area contributed by atoms with Gasteiger partial charge in [-0.25, -0.2) is 4.68 Å². The summed E-state index contributed by atoms with van der Waals surface area (Å²) < 4.78 is 11.8. The Kier molecular flexibility index (Phi) is 3.04. The van der Waals surface area contributed by atoms with Gasteiger partial charge in [0, 0.05) is 6.07 Å². The first-order chi connectivity index (χ1) is 8.28. The predicted octanol–water partition coefficient (Wildman–Crippen LogP) is 1.10. The molecule has 17 heavy (non-hydrogen) atoms. The minimum absolute atomic E-state index is 0.259. The summed E-state index contributed by atoms with van der Waals surface area (Å²) >= 11 is 0.